The van der Waals surface area contributed by atoms with Gasteiger partial charge in [0, 0.05) is 18.1 Å². The first-order valence-electron chi connectivity index (χ1n) is 6.04. The normalized spacial score (nSPS) is 13.0. The number of aromatic nitrogens is 1. The Morgan fingerprint density at radius 2 is 2.11 bits per heavy atom. The zero-order valence-corrected chi connectivity index (χ0v) is 12.0. The first-order chi connectivity index (χ1) is 8.52. The number of nitrogens with zero attached hydrogens (tertiary/aromatic N) is 1. The van der Waals surface area contributed by atoms with Crippen LogP contribution in [0.25, 0.3) is 10.9 Å². The molecule has 0 aliphatic rings. The maximum Gasteiger partial charge on any atom is 0.128 e. The van der Waals surface area contributed by atoms with Crippen LogP contribution < -0.4 is 10.5 Å². The van der Waals surface area contributed by atoms with Gasteiger partial charge in [-0.1, -0.05) is 18.5 Å². The number of hydrogen-bond donors (Lipinski definition) is 1. The highest BCUT2D eigenvalue weighted by molar-refractivity contribution is 6.35. The van der Waals surface area contributed by atoms with Crippen molar-refractivity contribution >= 4 is 22.5 Å². The van der Waals surface area contributed by atoms with Crippen LogP contribution in [0.4, 0.5) is 0 Å². The molecule has 18 heavy (non-hydrogen) atoms. The van der Waals surface area contributed by atoms with E-state index < -0.39 is 0 Å². The van der Waals surface area contributed by atoms with E-state index >= 15 is 0 Å². The molecule has 1 heterocycles. The van der Waals surface area contributed by atoms with Crippen LogP contribution in [0, 0.1) is 6.92 Å². The van der Waals surface area contributed by atoms with Gasteiger partial charge in [-0.25, -0.2) is 0 Å². The van der Waals surface area contributed by atoms with E-state index in [1.807, 2.05) is 19.2 Å². The fourth-order valence-corrected chi connectivity index (χ4v) is 2.84. The van der Waals surface area contributed by atoms with Crippen LogP contribution in [0.3, 0.4) is 0 Å². The minimum atomic E-state index is 0.279. The largest absolute Gasteiger partial charge is 0.496 e. The zero-order valence-electron chi connectivity index (χ0n) is 11.2. The topological polar surface area (TPSA) is 40.2 Å². The summed E-state index contributed by atoms with van der Waals surface area (Å²) in [7, 11) is 3.71. The van der Waals surface area contributed by atoms with E-state index in [1.54, 1.807) is 7.11 Å². The highest BCUT2D eigenvalue weighted by Crippen LogP contribution is 2.40. The van der Waals surface area contributed by atoms with Gasteiger partial charge in [0.25, 0.3) is 0 Å². The zero-order chi connectivity index (χ0) is 13.4. The summed E-state index contributed by atoms with van der Waals surface area (Å²) in [6.07, 6.45) is 0. The summed E-state index contributed by atoms with van der Waals surface area (Å²) in [5, 5.41) is 1.83. The monoisotopic (exact) mass is 266 g/mol. The lowest BCUT2D eigenvalue weighted by atomic mass is 9.97. The molecule has 0 aliphatic carbocycles. The molecular weight excluding hydrogens is 248 g/mol. The van der Waals surface area contributed by atoms with Crippen LogP contribution >= 0.6 is 11.6 Å². The highest BCUT2D eigenvalue weighted by atomic mass is 35.5. The fourth-order valence-electron chi connectivity index (χ4n) is 2.56. The molecule has 1 aromatic carbocycles. The van der Waals surface area contributed by atoms with Gasteiger partial charge in [-0.15, -0.1) is 0 Å². The Labute approximate surface area is 112 Å². The van der Waals surface area contributed by atoms with Crippen LogP contribution in [0.15, 0.2) is 12.1 Å². The Kier molecular flexibility index (Phi) is 3.55. The predicted molar refractivity (Wildman–Crippen MR) is 76.7 cm³/mol. The maximum absolute atomic E-state index is 6.32. The van der Waals surface area contributed by atoms with E-state index in [0.717, 1.165) is 21.7 Å². The van der Waals surface area contributed by atoms with E-state index in [9.17, 15) is 0 Å². The van der Waals surface area contributed by atoms with Gasteiger partial charge in [-0.3, -0.25) is 0 Å². The number of halogens is 1. The fraction of sp³-hybridized carbons (Fsp3) is 0.429. The number of methoxy groups -OCH3 is 1. The summed E-state index contributed by atoms with van der Waals surface area (Å²) >= 11 is 6.32. The molecule has 4 heteroatoms. The Morgan fingerprint density at radius 1 is 1.44 bits per heavy atom. The van der Waals surface area contributed by atoms with Crippen molar-refractivity contribution in [3.05, 3.63) is 28.4 Å². The van der Waals surface area contributed by atoms with Crippen LogP contribution in [-0.4, -0.2) is 18.2 Å². The number of fused-ring (bicyclic) bond motifs is 1. The van der Waals surface area contributed by atoms with Crippen molar-refractivity contribution < 1.29 is 4.74 Å². The molecule has 2 aromatic rings. The van der Waals surface area contributed by atoms with Gasteiger partial charge >= 0.3 is 0 Å². The average molecular weight is 267 g/mol. The second kappa shape index (κ2) is 4.82. The van der Waals surface area contributed by atoms with Gasteiger partial charge in [0.1, 0.15) is 5.75 Å². The molecule has 2 N–H and O–H groups in total. The van der Waals surface area contributed by atoms with E-state index in [1.165, 1.54) is 11.3 Å². The second-order valence-corrected chi connectivity index (χ2v) is 5.08. The van der Waals surface area contributed by atoms with Crippen LogP contribution in [0.1, 0.15) is 24.1 Å². The Balaban J connectivity index is 2.93. The van der Waals surface area contributed by atoms with E-state index in [-0.39, 0.29) is 5.92 Å². The van der Waals surface area contributed by atoms with Crippen molar-refractivity contribution in [1.82, 2.24) is 4.57 Å². The van der Waals surface area contributed by atoms with Crippen molar-refractivity contribution in [2.45, 2.75) is 19.8 Å². The van der Waals surface area contributed by atoms with Gasteiger partial charge in [0.05, 0.1) is 17.6 Å². The summed E-state index contributed by atoms with van der Waals surface area (Å²) in [6.45, 7) is 4.83. The molecule has 0 bridgehead atoms. The Bertz CT molecular complexity index is 589. The highest BCUT2D eigenvalue weighted by Gasteiger charge is 2.21. The number of rotatable bonds is 3. The summed E-state index contributed by atoms with van der Waals surface area (Å²) in [6, 6.07) is 3.79. The quantitative estimate of drug-likeness (QED) is 0.927. The number of benzene rings is 1. The molecule has 1 unspecified atom stereocenters. The standard InChI is InChI=1S/C14H19ClN2O/c1-8(7-16)12-9(2)17(3)14-10(15)5-6-11(18-4)13(12)14/h5-6,8H,7,16H2,1-4H3. The summed E-state index contributed by atoms with van der Waals surface area (Å²) < 4.78 is 7.59. The molecule has 0 amide bonds. The average Bonchev–Trinajstić information content (AvgIpc) is 2.63. The lowest BCUT2D eigenvalue weighted by Gasteiger charge is -2.11. The van der Waals surface area contributed by atoms with Crippen LogP contribution in [-0.2, 0) is 7.05 Å². The lowest BCUT2D eigenvalue weighted by molar-refractivity contribution is 0.419. The van der Waals surface area contributed by atoms with Crippen LogP contribution in [0.5, 0.6) is 5.75 Å². The molecule has 0 saturated heterocycles. The smallest absolute Gasteiger partial charge is 0.128 e. The predicted octanol–water partition coefficient (Wildman–Crippen LogP) is 3.21. The first-order valence-corrected chi connectivity index (χ1v) is 6.42. The van der Waals surface area contributed by atoms with Gasteiger partial charge in [-0.05, 0) is 37.1 Å². The molecule has 0 fully saturated rings. The third kappa shape index (κ3) is 1.78. The molecule has 1 aromatic heterocycles. The van der Waals surface area contributed by atoms with Crippen molar-refractivity contribution in [3.63, 3.8) is 0 Å². The third-order valence-corrected chi connectivity index (χ3v) is 3.96. The van der Waals surface area contributed by atoms with Crippen molar-refractivity contribution in [2.24, 2.45) is 12.8 Å². The lowest BCUT2D eigenvalue weighted by Crippen LogP contribution is -2.10. The minimum absolute atomic E-state index is 0.279. The summed E-state index contributed by atoms with van der Waals surface area (Å²) in [5.74, 6) is 1.13. The molecular formula is C14H19ClN2O. The molecule has 0 radical (unpaired) electrons. The van der Waals surface area contributed by atoms with Gasteiger partial charge < -0.3 is 15.0 Å². The SMILES string of the molecule is COc1ccc(Cl)c2c1c(C(C)CN)c(C)n2C. The van der Waals surface area contributed by atoms with E-state index in [2.05, 4.69) is 18.4 Å². The van der Waals surface area contributed by atoms with Gasteiger partial charge in [0.15, 0.2) is 0 Å². The second-order valence-electron chi connectivity index (χ2n) is 4.67. The third-order valence-electron chi connectivity index (χ3n) is 3.65. The van der Waals surface area contributed by atoms with E-state index in [4.69, 9.17) is 22.1 Å². The summed E-state index contributed by atoms with van der Waals surface area (Å²) in [4.78, 5) is 0. The number of nitrogens with two attached hydrogens (primary N) is 1. The number of ether oxygens (including phenoxy) is 1. The minimum Gasteiger partial charge on any atom is -0.496 e. The molecule has 0 saturated carbocycles. The molecule has 3 nitrogen and oxygen atoms in total. The Hall–Kier alpha value is -1.19. The molecule has 98 valence electrons. The van der Waals surface area contributed by atoms with Crippen molar-refractivity contribution in [2.75, 3.05) is 13.7 Å². The van der Waals surface area contributed by atoms with Gasteiger partial charge in [-0.2, -0.15) is 0 Å². The maximum atomic E-state index is 6.32. The molecule has 0 spiro atoms. The number of hydrogen-bond acceptors (Lipinski definition) is 2. The van der Waals surface area contributed by atoms with Crippen molar-refractivity contribution in [3.8, 4) is 5.75 Å². The molecule has 0 aliphatic heterocycles. The first kappa shape index (κ1) is 13.2. The summed E-state index contributed by atoms with van der Waals surface area (Å²) in [5.41, 5.74) is 9.26. The van der Waals surface area contributed by atoms with E-state index in [0.29, 0.717) is 6.54 Å². The molecule has 2 rings (SSSR count). The number of aryl methyl sites for hydroxylation is 1. The molecule has 1 atom stereocenters. The van der Waals surface area contributed by atoms with Gasteiger partial charge in [0.2, 0.25) is 0 Å². The van der Waals surface area contributed by atoms with Crippen molar-refractivity contribution in [1.29, 1.82) is 0 Å². The van der Waals surface area contributed by atoms with Crippen LogP contribution in [0.2, 0.25) is 5.02 Å². The Morgan fingerprint density at radius 3 is 2.67 bits per heavy atom.